The van der Waals surface area contributed by atoms with E-state index in [1.165, 1.54) is 58.5 Å². The molecule has 11 heteroatoms. The molecule has 3 aliphatic heterocycles. The molecule has 0 amide bonds. The summed E-state index contributed by atoms with van der Waals surface area (Å²) in [5.74, 6) is -0.0379. The first kappa shape index (κ1) is 53.4. The van der Waals surface area contributed by atoms with Gasteiger partial charge in [-0.05, 0) is 86.5 Å². The number of fused-ring (bicyclic) bond motifs is 7. The number of carbonyl (C=O) groups is 3. The Morgan fingerprint density at radius 1 is 0.727 bits per heavy atom. The summed E-state index contributed by atoms with van der Waals surface area (Å²) in [6.07, 6.45) is 18.9. The van der Waals surface area contributed by atoms with Gasteiger partial charge in [0.05, 0.1) is 19.8 Å². The maximum absolute atomic E-state index is 14.4. The standard InChI is InChI=1S/C55H79N4O6.Mg/c1-13-39-34(7)41-29-46-48(38(11)60)36(9)43(57-46)27-42-35(8)40(52(58-42)50-51(55(63)64-12)54(62)49-37(10)44(59-53(49)50)28-45(39)56-41)23-24-47(61)65-26-25-33(6)22-16-21-32(5)20-15-19-31(4)18-14-17-30(2)3;/h27-35,38-40,51,60H,13-26H2,1-12H3,(H-,58,59,62);/q-3;+2/p-1/b41-29-,42-27-,45-28-;/t31-,32-,33?,34-,35+,38+,39-,40+,51-;/m1./s1. The van der Waals surface area contributed by atoms with Crippen molar-refractivity contribution >= 4 is 64.6 Å². The van der Waals surface area contributed by atoms with Crippen LogP contribution in [0.3, 0.4) is 0 Å². The molecular formula is C55H78MgN4O6-2. The quantitative estimate of drug-likeness (QED) is 0.0740. The van der Waals surface area contributed by atoms with Gasteiger partial charge in [0.2, 0.25) is 0 Å². The molecule has 0 spiro atoms. The normalized spacial score (nSPS) is 26.2. The summed E-state index contributed by atoms with van der Waals surface area (Å²) in [6, 6.07) is 0. The summed E-state index contributed by atoms with van der Waals surface area (Å²) in [5.41, 5.74) is 8.60. The van der Waals surface area contributed by atoms with Gasteiger partial charge >= 0.3 is 35.0 Å². The van der Waals surface area contributed by atoms with Gasteiger partial charge in [0, 0.05) is 12.0 Å². The average molecular weight is 916 g/mol. The summed E-state index contributed by atoms with van der Waals surface area (Å²) in [5, 5.41) is 21.4. The number of nitrogens with zero attached hydrogens (tertiary/aromatic N) is 4. The Labute approximate surface area is 412 Å². The Bertz CT molecular complexity index is 2170. The van der Waals surface area contributed by atoms with Crippen LogP contribution in [0.25, 0.3) is 34.4 Å². The molecule has 0 aromatic carbocycles. The minimum absolute atomic E-state index is 0. The third-order valence-corrected chi connectivity index (χ3v) is 15.2. The van der Waals surface area contributed by atoms with Crippen molar-refractivity contribution in [3.05, 3.63) is 78.5 Å². The third kappa shape index (κ3) is 12.0. The molecule has 2 saturated heterocycles. The summed E-state index contributed by atoms with van der Waals surface area (Å²) < 4.78 is 11.1. The fraction of sp³-hybridized carbons (Fsp3) is 0.655. The van der Waals surface area contributed by atoms with Crippen LogP contribution in [0.4, 0.5) is 0 Å². The first-order valence-electron chi connectivity index (χ1n) is 25.1. The number of aliphatic hydroxyl groups is 1. The fourth-order valence-electron chi connectivity index (χ4n) is 10.9. The van der Waals surface area contributed by atoms with E-state index in [9.17, 15) is 19.5 Å². The number of ether oxygens (including phenoxy) is 2. The Morgan fingerprint density at radius 3 is 1.86 bits per heavy atom. The first-order chi connectivity index (χ1) is 30.9. The first-order valence-corrected chi connectivity index (χ1v) is 25.1. The number of carbonyl (C=O) groups excluding carboxylic acids is 3. The number of aromatic nitrogens is 2. The SMILES string of the molecule is CC[C@H]1/C2=C/c3[n-]c4c(c3C)C(=O)[C@H](C(=O)OC)/C4=C3/[N-]/C(=C\c4[n-]c(c([C@H](C)O)c4C)/C=C(\[N-]2)[C@@H]1C)[C@@H](C)[C@@H]3CCC(=O)OCCC(C)CCC[C@H](C)CCC[C@H](C)CCCC(C)C.[Mg+2]. The van der Waals surface area contributed by atoms with Crippen molar-refractivity contribution in [2.75, 3.05) is 13.7 Å². The number of hydrogen-bond donors (Lipinski definition) is 1. The molecule has 0 saturated carbocycles. The van der Waals surface area contributed by atoms with E-state index in [-0.39, 0.29) is 64.9 Å². The van der Waals surface area contributed by atoms with Crippen LogP contribution < -0.4 is 9.97 Å². The van der Waals surface area contributed by atoms with E-state index in [2.05, 4.69) is 55.4 Å². The number of methoxy groups -OCH3 is 1. The van der Waals surface area contributed by atoms with Gasteiger partial charge in [0.25, 0.3) is 0 Å². The van der Waals surface area contributed by atoms with Crippen LogP contribution in [0.15, 0.2) is 22.8 Å². The minimum atomic E-state index is -1.23. The van der Waals surface area contributed by atoms with Gasteiger partial charge in [-0.2, -0.15) is 22.8 Å². The van der Waals surface area contributed by atoms with Gasteiger partial charge in [0.15, 0.2) is 5.78 Å². The molecular weight excluding hydrogens is 837 g/mol. The van der Waals surface area contributed by atoms with Crippen molar-refractivity contribution in [3.63, 3.8) is 0 Å². The van der Waals surface area contributed by atoms with Gasteiger partial charge in [-0.15, -0.1) is 22.8 Å². The number of Topliss-reactive ketones (excluding diaryl/α,β-unsaturated/α-hetero) is 1. The second kappa shape index (κ2) is 23.6. The van der Waals surface area contributed by atoms with Crippen LogP contribution >= 0.6 is 0 Å². The molecule has 8 bridgehead atoms. The molecule has 1 unspecified atom stereocenters. The van der Waals surface area contributed by atoms with E-state index in [0.717, 1.165) is 59.5 Å². The number of hydrogen-bond acceptors (Lipinski definition) is 6. The molecule has 4 aliphatic rings. The molecule has 2 aromatic heterocycles. The van der Waals surface area contributed by atoms with Crippen LogP contribution in [0, 0.1) is 67.1 Å². The molecule has 9 atom stereocenters. The smallest absolute Gasteiger partial charge is 0.664 e. The Kier molecular flexibility index (Phi) is 19.1. The second-order valence-electron chi connectivity index (χ2n) is 20.7. The van der Waals surface area contributed by atoms with E-state index in [4.69, 9.17) is 30.1 Å². The topological polar surface area (TPSA) is 146 Å². The van der Waals surface area contributed by atoms with Crippen LogP contribution in [0.2, 0.25) is 0 Å². The van der Waals surface area contributed by atoms with Crippen molar-refractivity contribution in [2.24, 2.45) is 53.3 Å². The molecule has 1 aliphatic carbocycles. The van der Waals surface area contributed by atoms with Crippen LogP contribution in [-0.2, 0) is 19.1 Å². The third-order valence-electron chi connectivity index (χ3n) is 15.2. The van der Waals surface area contributed by atoms with Crippen molar-refractivity contribution in [1.82, 2.24) is 9.97 Å². The van der Waals surface area contributed by atoms with Crippen molar-refractivity contribution in [3.8, 4) is 0 Å². The van der Waals surface area contributed by atoms with Crippen LogP contribution in [0.1, 0.15) is 202 Å². The van der Waals surface area contributed by atoms with E-state index in [1.54, 1.807) is 6.92 Å². The molecule has 6 rings (SSSR count). The number of esters is 2. The maximum atomic E-state index is 14.4. The Balaban J connectivity index is 0.00000817. The van der Waals surface area contributed by atoms with E-state index in [0.29, 0.717) is 69.8 Å². The summed E-state index contributed by atoms with van der Waals surface area (Å²) >= 11 is 0. The summed E-state index contributed by atoms with van der Waals surface area (Å²) in [7, 11) is 1.29. The molecule has 0 radical (unpaired) electrons. The summed E-state index contributed by atoms with van der Waals surface area (Å²) in [6.45, 7) is 24.0. The second-order valence-corrected chi connectivity index (χ2v) is 20.7. The number of allylic oxidation sites excluding steroid dienone is 4. The molecule has 1 N–H and O–H groups in total. The predicted octanol–water partition coefficient (Wildman–Crippen LogP) is 12.8. The zero-order chi connectivity index (χ0) is 47.3. The van der Waals surface area contributed by atoms with E-state index < -0.39 is 18.0 Å². The van der Waals surface area contributed by atoms with Gasteiger partial charge in [-0.1, -0.05) is 155 Å². The Morgan fingerprint density at radius 2 is 1.27 bits per heavy atom. The summed E-state index contributed by atoms with van der Waals surface area (Å²) in [4.78, 5) is 51.7. The predicted molar refractivity (Wildman–Crippen MR) is 267 cm³/mol. The number of aliphatic hydroxyl groups excluding tert-OH is 1. The van der Waals surface area contributed by atoms with Crippen molar-refractivity contribution in [1.29, 1.82) is 0 Å². The largest absolute Gasteiger partial charge is 2.00 e. The number of rotatable bonds is 21. The van der Waals surface area contributed by atoms with Gasteiger partial charge in [-0.3, -0.25) is 14.4 Å². The van der Waals surface area contributed by atoms with E-state index >= 15 is 0 Å². The average Bonchev–Trinajstić information content (AvgIpc) is 4.00. The van der Waals surface area contributed by atoms with Gasteiger partial charge in [-0.25, -0.2) is 0 Å². The van der Waals surface area contributed by atoms with Crippen molar-refractivity contribution < 1.29 is 29.0 Å². The zero-order valence-corrected chi connectivity index (χ0v) is 43.8. The molecule has 358 valence electrons. The maximum Gasteiger partial charge on any atom is 2.00 e. The fourth-order valence-corrected chi connectivity index (χ4v) is 10.9. The van der Waals surface area contributed by atoms with Gasteiger partial charge in [0.1, 0.15) is 5.92 Å². The van der Waals surface area contributed by atoms with Crippen LogP contribution in [-0.4, -0.2) is 59.6 Å². The monoisotopic (exact) mass is 915 g/mol. The van der Waals surface area contributed by atoms with E-state index in [1.807, 2.05) is 32.1 Å². The molecule has 2 fully saturated rings. The Hall–Kier alpha value is -3.54. The molecule has 10 nitrogen and oxygen atoms in total. The minimum Gasteiger partial charge on any atom is -0.664 e. The molecule has 66 heavy (non-hydrogen) atoms. The zero-order valence-electron chi connectivity index (χ0n) is 42.4. The van der Waals surface area contributed by atoms with Crippen molar-refractivity contribution in [2.45, 2.75) is 166 Å². The molecule has 5 heterocycles. The van der Waals surface area contributed by atoms with Crippen LogP contribution in [0.5, 0.6) is 0 Å². The number of ketones is 1. The molecule has 2 aromatic rings. The van der Waals surface area contributed by atoms with Gasteiger partial charge < -0.3 is 35.2 Å².